The Bertz CT molecular complexity index is 1530. The van der Waals surface area contributed by atoms with Crippen LogP contribution in [-0.2, 0) is 27.5 Å². The zero-order chi connectivity index (χ0) is 36.5. The van der Waals surface area contributed by atoms with E-state index in [9.17, 15) is 14.4 Å². The number of carbonyl (C=O) groups is 3. The number of benzene rings is 2. The lowest BCUT2D eigenvalue weighted by Crippen LogP contribution is -2.53. The number of amides is 3. The number of hydrogen-bond donors (Lipinski definition) is 2. The van der Waals surface area contributed by atoms with E-state index in [4.69, 9.17) is 14.5 Å². The van der Waals surface area contributed by atoms with Crippen molar-refractivity contribution in [2.24, 2.45) is 4.99 Å². The van der Waals surface area contributed by atoms with E-state index in [1.807, 2.05) is 52.8 Å². The maximum Gasteiger partial charge on any atom is 0.325 e. The smallest absolute Gasteiger partial charge is 0.325 e. The molecule has 278 valence electrons. The van der Waals surface area contributed by atoms with Crippen LogP contribution in [0.3, 0.4) is 0 Å². The number of urea groups is 1. The first-order valence-electron chi connectivity index (χ1n) is 19.1. The van der Waals surface area contributed by atoms with E-state index in [1.165, 1.54) is 44.1 Å². The average Bonchev–Trinajstić information content (AvgIpc) is 3.07. The molecule has 2 aromatic rings. The van der Waals surface area contributed by atoms with E-state index in [2.05, 4.69) is 34.6 Å². The van der Waals surface area contributed by atoms with Crippen molar-refractivity contribution in [3.05, 3.63) is 58.1 Å². The Morgan fingerprint density at radius 3 is 2.14 bits per heavy atom. The molecule has 2 fully saturated rings. The van der Waals surface area contributed by atoms with Crippen LogP contribution >= 0.6 is 0 Å². The number of esters is 1. The topological polar surface area (TPSA) is 113 Å². The van der Waals surface area contributed by atoms with Crippen LogP contribution in [0.1, 0.15) is 126 Å². The van der Waals surface area contributed by atoms with E-state index in [0.717, 1.165) is 47.9 Å². The Morgan fingerprint density at radius 1 is 0.902 bits per heavy atom. The molecule has 3 aliphatic rings. The number of hydrogen-bond acceptors (Lipinski definition) is 7. The van der Waals surface area contributed by atoms with Gasteiger partial charge in [-0.25, -0.2) is 9.79 Å². The normalized spacial score (nSPS) is 16.9. The van der Waals surface area contributed by atoms with Crippen LogP contribution in [0.2, 0.25) is 0 Å². The molecule has 0 saturated heterocycles. The number of carbonyl (C=O) groups excluding carboxylic acids is 3. The number of nitrogens with one attached hydrogen (secondary N) is 2. The SMILES string of the molecule is Cc1cc(C)c(COC(=O)CN2Cc3cc(OCCCC(=O)N(C4CCCCC4)C4CCCCC4)ccc3N=C2NC(=O)NC(C)(C)C)c(C)c1. The first kappa shape index (κ1) is 38.2. The van der Waals surface area contributed by atoms with Crippen LogP contribution in [0.4, 0.5) is 10.5 Å². The van der Waals surface area contributed by atoms with Crippen LogP contribution in [0.25, 0.3) is 0 Å². The van der Waals surface area contributed by atoms with Crippen LogP contribution in [0, 0.1) is 20.8 Å². The molecule has 0 atom stereocenters. The van der Waals surface area contributed by atoms with Gasteiger partial charge in [0.2, 0.25) is 11.9 Å². The second-order valence-electron chi connectivity index (χ2n) is 15.8. The van der Waals surface area contributed by atoms with Crippen molar-refractivity contribution in [1.82, 2.24) is 20.4 Å². The predicted molar refractivity (Wildman–Crippen MR) is 201 cm³/mol. The van der Waals surface area contributed by atoms with E-state index in [1.54, 1.807) is 4.90 Å². The summed E-state index contributed by atoms with van der Waals surface area (Å²) >= 11 is 0. The highest BCUT2D eigenvalue weighted by atomic mass is 16.5. The fraction of sp³-hybridized carbons (Fsp3) is 0.610. The molecule has 0 bridgehead atoms. The largest absolute Gasteiger partial charge is 0.494 e. The molecule has 0 spiro atoms. The van der Waals surface area contributed by atoms with Gasteiger partial charge in [0.05, 0.1) is 12.3 Å². The molecule has 51 heavy (non-hydrogen) atoms. The van der Waals surface area contributed by atoms with Gasteiger partial charge in [0.1, 0.15) is 18.9 Å². The lowest BCUT2D eigenvalue weighted by atomic mass is 9.88. The van der Waals surface area contributed by atoms with Gasteiger partial charge in [0.25, 0.3) is 0 Å². The van der Waals surface area contributed by atoms with E-state index in [-0.39, 0.29) is 25.0 Å². The van der Waals surface area contributed by atoms with Crippen molar-refractivity contribution in [2.45, 2.75) is 149 Å². The van der Waals surface area contributed by atoms with E-state index < -0.39 is 17.5 Å². The quantitative estimate of drug-likeness (QED) is 0.182. The number of aryl methyl sites for hydroxylation is 3. The number of rotatable bonds is 11. The Kier molecular flexibility index (Phi) is 13.0. The van der Waals surface area contributed by atoms with E-state index >= 15 is 0 Å². The van der Waals surface area contributed by atoms with Gasteiger partial charge < -0.3 is 24.6 Å². The second kappa shape index (κ2) is 17.4. The summed E-state index contributed by atoms with van der Waals surface area (Å²) in [5, 5.41) is 5.74. The van der Waals surface area contributed by atoms with Crippen molar-refractivity contribution in [3.8, 4) is 5.75 Å². The minimum Gasteiger partial charge on any atom is -0.494 e. The zero-order valence-electron chi connectivity index (χ0n) is 31.7. The molecule has 3 amide bonds. The summed E-state index contributed by atoms with van der Waals surface area (Å²) in [7, 11) is 0. The molecule has 5 rings (SSSR count). The summed E-state index contributed by atoms with van der Waals surface area (Å²) in [6, 6.07) is 10.2. The van der Waals surface area contributed by atoms with E-state index in [0.29, 0.717) is 49.5 Å². The van der Waals surface area contributed by atoms with Crippen LogP contribution < -0.4 is 15.4 Å². The van der Waals surface area contributed by atoms with Gasteiger partial charge >= 0.3 is 12.0 Å². The fourth-order valence-electron chi connectivity index (χ4n) is 7.82. The summed E-state index contributed by atoms with van der Waals surface area (Å²) < 4.78 is 11.9. The minimum absolute atomic E-state index is 0.0935. The second-order valence-corrected chi connectivity index (χ2v) is 15.8. The fourth-order valence-corrected chi connectivity index (χ4v) is 7.82. The third-order valence-electron chi connectivity index (χ3n) is 10.2. The molecule has 2 saturated carbocycles. The highest BCUT2D eigenvalue weighted by Crippen LogP contribution is 2.32. The number of aliphatic imine (C=N–C) groups is 1. The molecule has 0 unspecified atom stereocenters. The molecular weight excluding hydrogens is 642 g/mol. The zero-order valence-corrected chi connectivity index (χ0v) is 31.7. The summed E-state index contributed by atoms with van der Waals surface area (Å²) in [6.45, 7) is 12.6. The molecule has 0 radical (unpaired) electrons. The van der Waals surface area contributed by atoms with Gasteiger partial charge in [-0.2, -0.15) is 0 Å². The molecule has 0 aromatic heterocycles. The third kappa shape index (κ3) is 11.0. The highest BCUT2D eigenvalue weighted by molar-refractivity contribution is 5.99. The first-order chi connectivity index (χ1) is 24.4. The van der Waals surface area contributed by atoms with Crippen LogP contribution in [-0.4, -0.2) is 64.4 Å². The van der Waals surface area contributed by atoms with Gasteiger partial charge in [-0.1, -0.05) is 56.2 Å². The molecule has 1 aliphatic heterocycles. The maximum absolute atomic E-state index is 13.6. The number of ether oxygens (including phenoxy) is 2. The third-order valence-corrected chi connectivity index (χ3v) is 10.2. The lowest BCUT2D eigenvalue weighted by molar-refractivity contribution is -0.145. The van der Waals surface area contributed by atoms with Gasteiger partial charge in [0.15, 0.2) is 0 Å². The van der Waals surface area contributed by atoms with Gasteiger partial charge in [-0.05, 0) is 109 Å². The van der Waals surface area contributed by atoms with Crippen LogP contribution in [0.5, 0.6) is 5.75 Å². The molecule has 2 N–H and O–H groups in total. The standard InChI is InChI=1S/C41H59N5O5/c1-28-22-29(2)35(30(3)23-28)27-51-38(48)26-45-25-31-24-34(19-20-36(31)42-39(45)43-40(49)44-41(4,5)6)50-21-13-18-37(47)46(32-14-9-7-10-15-32)33-16-11-8-12-17-33/h19-20,22-24,32-33H,7-18,21,25-27H2,1-6H3,(H2,42,43,44,49). The highest BCUT2D eigenvalue weighted by Gasteiger charge is 2.32. The average molecular weight is 702 g/mol. The Hall–Kier alpha value is -4.08. The minimum atomic E-state index is -0.453. The molecule has 10 nitrogen and oxygen atoms in total. The number of guanidine groups is 1. The summed E-state index contributed by atoms with van der Waals surface area (Å²) in [6.07, 6.45) is 13.1. The summed E-state index contributed by atoms with van der Waals surface area (Å²) in [4.78, 5) is 48.4. The summed E-state index contributed by atoms with van der Waals surface area (Å²) in [5.41, 5.74) is 5.43. The van der Waals surface area contributed by atoms with Gasteiger partial charge in [-0.15, -0.1) is 0 Å². The van der Waals surface area contributed by atoms with Crippen molar-refractivity contribution in [3.63, 3.8) is 0 Å². The Labute approximate surface area is 304 Å². The molecule has 1 heterocycles. The van der Waals surface area contributed by atoms with Crippen molar-refractivity contribution in [1.29, 1.82) is 0 Å². The molecule has 10 heteroatoms. The Morgan fingerprint density at radius 2 is 1.53 bits per heavy atom. The molecule has 2 aliphatic carbocycles. The van der Waals surface area contributed by atoms with Crippen molar-refractivity contribution >= 4 is 29.6 Å². The number of nitrogens with zero attached hydrogens (tertiary/aromatic N) is 3. The first-order valence-corrected chi connectivity index (χ1v) is 19.1. The predicted octanol–water partition coefficient (Wildman–Crippen LogP) is 7.91. The number of fused-ring (bicyclic) bond motifs is 1. The monoisotopic (exact) mass is 701 g/mol. The molecule has 2 aromatic carbocycles. The van der Waals surface area contributed by atoms with Gasteiger partial charge in [0, 0.05) is 36.2 Å². The van der Waals surface area contributed by atoms with Crippen molar-refractivity contribution < 1.29 is 23.9 Å². The van der Waals surface area contributed by atoms with Crippen molar-refractivity contribution in [2.75, 3.05) is 13.2 Å². The van der Waals surface area contributed by atoms with Crippen LogP contribution in [0.15, 0.2) is 35.3 Å². The lowest BCUT2D eigenvalue weighted by Gasteiger charge is -2.42. The Balaban J connectivity index is 1.21. The maximum atomic E-state index is 13.6. The molecular formula is C41H59N5O5. The summed E-state index contributed by atoms with van der Waals surface area (Å²) in [5.74, 6) is 0.818. The van der Waals surface area contributed by atoms with Gasteiger partial charge in [-0.3, -0.25) is 14.9 Å².